The summed E-state index contributed by atoms with van der Waals surface area (Å²) < 4.78 is 18.9. The number of halogens is 2. The predicted molar refractivity (Wildman–Crippen MR) is 103 cm³/mol. The zero-order valence-electron chi connectivity index (χ0n) is 14.3. The quantitative estimate of drug-likeness (QED) is 0.574. The van der Waals surface area contributed by atoms with Crippen LogP contribution in [-0.4, -0.2) is 11.1 Å². The second kappa shape index (κ2) is 8.56. The first-order valence-corrected chi connectivity index (χ1v) is 8.62. The van der Waals surface area contributed by atoms with E-state index in [4.69, 9.17) is 21.4 Å². The Morgan fingerprint density at radius 2 is 1.85 bits per heavy atom. The van der Waals surface area contributed by atoms with E-state index in [2.05, 4.69) is 5.32 Å². The molecule has 3 rings (SSSR count). The number of hydrogen-bond donors (Lipinski definition) is 2. The van der Waals surface area contributed by atoms with Gasteiger partial charge in [0.05, 0.1) is 10.6 Å². The number of nitrogens with one attached hydrogen (secondary N) is 1. The molecule has 0 aliphatic carbocycles. The molecule has 6 heteroatoms. The van der Waals surface area contributed by atoms with Gasteiger partial charge in [-0.1, -0.05) is 35.9 Å². The van der Waals surface area contributed by atoms with Crippen LogP contribution in [0.1, 0.15) is 21.5 Å². The first-order chi connectivity index (χ1) is 13.0. The highest BCUT2D eigenvalue weighted by molar-refractivity contribution is 6.32. The van der Waals surface area contributed by atoms with E-state index in [1.807, 2.05) is 6.07 Å². The number of hydrogen-bond acceptors (Lipinski definition) is 3. The van der Waals surface area contributed by atoms with Crippen LogP contribution in [0, 0.1) is 5.82 Å². The van der Waals surface area contributed by atoms with E-state index >= 15 is 0 Å². The summed E-state index contributed by atoms with van der Waals surface area (Å²) in [5, 5.41) is 12.6. The fourth-order valence-electron chi connectivity index (χ4n) is 2.53. The molecule has 0 atom stereocenters. The lowest BCUT2D eigenvalue weighted by molar-refractivity contribution is 0.0697. The van der Waals surface area contributed by atoms with E-state index in [-0.39, 0.29) is 18.0 Å². The monoisotopic (exact) mass is 385 g/mol. The first-order valence-electron chi connectivity index (χ1n) is 8.24. The van der Waals surface area contributed by atoms with Crippen molar-refractivity contribution in [2.45, 2.75) is 13.2 Å². The molecular formula is C21H17ClFNO3. The highest BCUT2D eigenvalue weighted by atomic mass is 35.5. The Bertz CT molecular complexity index is 962. The fourth-order valence-corrected chi connectivity index (χ4v) is 2.78. The minimum Gasteiger partial charge on any atom is -0.487 e. The van der Waals surface area contributed by atoms with Gasteiger partial charge in [-0.3, -0.25) is 0 Å². The van der Waals surface area contributed by atoms with Crippen molar-refractivity contribution in [2.75, 3.05) is 5.32 Å². The topological polar surface area (TPSA) is 58.6 Å². The van der Waals surface area contributed by atoms with Crippen molar-refractivity contribution in [3.8, 4) is 5.75 Å². The number of anilines is 1. The Morgan fingerprint density at radius 3 is 2.59 bits per heavy atom. The van der Waals surface area contributed by atoms with E-state index in [0.29, 0.717) is 23.0 Å². The molecule has 0 spiro atoms. The molecule has 3 aromatic rings. The third-order valence-electron chi connectivity index (χ3n) is 3.89. The van der Waals surface area contributed by atoms with Gasteiger partial charge >= 0.3 is 5.97 Å². The molecule has 0 aliphatic rings. The van der Waals surface area contributed by atoms with Crippen molar-refractivity contribution in [3.63, 3.8) is 0 Å². The van der Waals surface area contributed by atoms with Crippen LogP contribution in [0.2, 0.25) is 5.02 Å². The Labute approximate surface area is 161 Å². The third-order valence-corrected chi connectivity index (χ3v) is 4.18. The van der Waals surface area contributed by atoms with Gasteiger partial charge in [-0.05, 0) is 53.6 Å². The van der Waals surface area contributed by atoms with Gasteiger partial charge in [0.1, 0.15) is 18.2 Å². The number of rotatable bonds is 7. The van der Waals surface area contributed by atoms with Crippen LogP contribution < -0.4 is 10.1 Å². The predicted octanol–water partition coefficient (Wildman–Crippen LogP) is 5.37. The van der Waals surface area contributed by atoms with Gasteiger partial charge in [0.15, 0.2) is 0 Å². The minimum absolute atomic E-state index is 0.219. The molecule has 138 valence electrons. The minimum atomic E-state index is -0.971. The van der Waals surface area contributed by atoms with Crippen LogP contribution in [-0.2, 0) is 13.2 Å². The van der Waals surface area contributed by atoms with E-state index < -0.39 is 5.97 Å². The number of carboxylic acid groups (broad SMARTS) is 1. The van der Waals surface area contributed by atoms with Gasteiger partial charge < -0.3 is 15.2 Å². The van der Waals surface area contributed by atoms with Gasteiger partial charge in [-0.2, -0.15) is 0 Å². The van der Waals surface area contributed by atoms with Crippen LogP contribution in [0.4, 0.5) is 10.1 Å². The Hall–Kier alpha value is -3.05. The van der Waals surface area contributed by atoms with Crippen LogP contribution in [0.25, 0.3) is 0 Å². The van der Waals surface area contributed by atoms with Gasteiger partial charge in [-0.15, -0.1) is 0 Å². The Kier molecular flexibility index (Phi) is 5.94. The normalized spacial score (nSPS) is 10.4. The smallest absolute Gasteiger partial charge is 0.335 e. The maximum absolute atomic E-state index is 13.2. The van der Waals surface area contributed by atoms with E-state index in [1.165, 1.54) is 18.2 Å². The average molecular weight is 386 g/mol. The number of ether oxygens (including phenoxy) is 1. The second-order valence-electron chi connectivity index (χ2n) is 5.92. The molecule has 0 saturated heterocycles. The third kappa shape index (κ3) is 5.21. The number of carboxylic acids is 1. The fraction of sp³-hybridized carbons (Fsp3) is 0.0952. The lowest BCUT2D eigenvalue weighted by atomic mass is 10.2. The van der Waals surface area contributed by atoms with Crippen molar-refractivity contribution >= 4 is 23.3 Å². The van der Waals surface area contributed by atoms with Crippen molar-refractivity contribution < 1.29 is 19.0 Å². The molecule has 0 bridgehead atoms. The number of benzene rings is 3. The summed E-state index contributed by atoms with van der Waals surface area (Å²) in [6, 6.07) is 18.2. The molecule has 0 radical (unpaired) electrons. The zero-order valence-corrected chi connectivity index (χ0v) is 15.0. The Balaban J connectivity index is 1.61. The van der Waals surface area contributed by atoms with E-state index in [0.717, 1.165) is 11.1 Å². The maximum Gasteiger partial charge on any atom is 0.335 e. The molecule has 4 nitrogen and oxygen atoms in total. The first kappa shape index (κ1) is 18.7. The summed E-state index contributed by atoms with van der Waals surface area (Å²) in [5.41, 5.74) is 2.56. The molecule has 0 amide bonds. The highest BCUT2D eigenvalue weighted by Crippen LogP contribution is 2.27. The second-order valence-corrected chi connectivity index (χ2v) is 6.33. The van der Waals surface area contributed by atoms with Gasteiger partial charge in [0, 0.05) is 12.2 Å². The van der Waals surface area contributed by atoms with Crippen LogP contribution in [0.3, 0.4) is 0 Å². The largest absolute Gasteiger partial charge is 0.487 e. The summed E-state index contributed by atoms with van der Waals surface area (Å²) in [6.07, 6.45) is 0. The SMILES string of the molecule is O=C(O)c1cccc(NCc2ccc(OCc3cccc(F)c3)c(Cl)c2)c1. The van der Waals surface area contributed by atoms with Gasteiger partial charge in [0.25, 0.3) is 0 Å². The van der Waals surface area contributed by atoms with Gasteiger partial charge in [-0.25, -0.2) is 9.18 Å². The number of carbonyl (C=O) groups is 1. The van der Waals surface area contributed by atoms with Crippen molar-refractivity contribution in [2.24, 2.45) is 0 Å². The molecule has 0 fully saturated rings. The standard InChI is InChI=1S/C21H17ClFNO3/c22-19-10-14(12-24-18-6-2-4-16(11-18)21(25)26)7-8-20(19)27-13-15-3-1-5-17(23)9-15/h1-11,24H,12-13H2,(H,25,26). The summed E-state index contributed by atoms with van der Waals surface area (Å²) in [5.74, 6) is -0.769. The maximum atomic E-state index is 13.2. The summed E-state index contributed by atoms with van der Waals surface area (Å²) in [7, 11) is 0. The number of aromatic carboxylic acids is 1. The van der Waals surface area contributed by atoms with Crippen molar-refractivity contribution in [1.29, 1.82) is 0 Å². The van der Waals surface area contributed by atoms with Crippen LogP contribution in [0.15, 0.2) is 66.7 Å². The molecule has 0 saturated carbocycles. The molecule has 3 aromatic carbocycles. The van der Waals surface area contributed by atoms with Crippen LogP contribution in [0.5, 0.6) is 5.75 Å². The molecule has 2 N–H and O–H groups in total. The van der Waals surface area contributed by atoms with Crippen LogP contribution >= 0.6 is 11.6 Å². The molecule has 0 aromatic heterocycles. The lowest BCUT2D eigenvalue weighted by Crippen LogP contribution is -2.02. The van der Waals surface area contributed by atoms with E-state index in [9.17, 15) is 9.18 Å². The summed E-state index contributed by atoms with van der Waals surface area (Å²) >= 11 is 6.27. The molecule has 0 unspecified atom stereocenters. The van der Waals surface area contributed by atoms with Gasteiger partial charge in [0.2, 0.25) is 0 Å². The highest BCUT2D eigenvalue weighted by Gasteiger charge is 2.06. The van der Waals surface area contributed by atoms with Crippen molar-refractivity contribution in [1.82, 2.24) is 0 Å². The molecule has 27 heavy (non-hydrogen) atoms. The molecule has 0 heterocycles. The van der Waals surface area contributed by atoms with E-state index in [1.54, 1.807) is 42.5 Å². The summed E-state index contributed by atoms with van der Waals surface area (Å²) in [4.78, 5) is 11.0. The van der Waals surface area contributed by atoms with Crippen molar-refractivity contribution in [3.05, 3.63) is 94.3 Å². The average Bonchev–Trinajstić information content (AvgIpc) is 2.66. The molecular weight excluding hydrogens is 369 g/mol. The zero-order chi connectivity index (χ0) is 19.2. The Morgan fingerprint density at radius 1 is 1.04 bits per heavy atom. The lowest BCUT2D eigenvalue weighted by Gasteiger charge is -2.11. The molecule has 0 aliphatic heterocycles. The summed E-state index contributed by atoms with van der Waals surface area (Å²) in [6.45, 7) is 0.698.